The first kappa shape index (κ1) is 39.4. The number of ether oxygens (including phenoxy) is 1. The number of hydrogen-bond donors (Lipinski definition) is 1. The Balaban J connectivity index is 1.38. The van der Waals surface area contributed by atoms with E-state index in [0.29, 0.717) is 34.3 Å². The van der Waals surface area contributed by atoms with E-state index in [4.69, 9.17) is 0 Å². The third-order valence-corrected chi connectivity index (χ3v) is 9.43. The van der Waals surface area contributed by atoms with E-state index >= 15 is 0 Å². The zero-order chi connectivity index (χ0) is 38.5. The van der Waals surface area contributed by atoms with Crippen LogP contribution < -0.4 is 9.64 Å². The second-order valence-electron chi connectivity index (χ2n) is 12.1. The summed E-state index contributed by atoms with van der Waals surface area (Å²) in [5, 5.41) is 14.5. The smallest absolute Gasteiger partial charge is 0.480 e. The van der Waals surface area contributed by atoms with Crippen LogP contribution in [0, 0.1) is 6.92 Å². The summed E-state index contributed by atoms with van der Waals surface area (Å²) in [6.07, 6.45) is -9.21. The largest absolute Gasteiger partial charge is 0.573 e. The Labute approximate surface area is 308 Å². The highest BCUT2D eigenvalue weighted by Crippen LogP contribution is 2.35. The van der Waals surface area contributed by atoms with Gasteiger partial charge in [0.05, 0.1) is 23.5 Å². The van der Waals surface area contributed by atoms with E-state index < -0.39 is 42.5 Å². The molecule has 5 rings (SSSR count). The molecule has 53 heavy (non-hydrogen) atoms. The molecule has 0 spiro atoms. The maximum Gasteiger partial charge on any atom is 0.573 e. The molecule has 1 aliphatic rings. The Morgan fingerprint density at radius 2 is 1.74 bits per heavy atom. The molecule has 0 bridgehead atoms. The molecule has 0 saturated carbocycles. The third-order valence-electron chi connectivity index (χ3n) is 7.64. The number of aromatic nitrogens is 3. The number of benzene rings is 3. The lowest BCUT2D eigenvalue weighted by Crippen LogP contribution is -2.31. The summed E-state index contributed by atoms with van der Waals surface area (Å²) in [6, 6.07) is 15.8. The predicted octanol–water partition coefficient (Wildman–Crippen LogP) is 8.44. The molecule has 10 nitrogen and oxygen atoms in total. The minimum absolute atomic E-state index is 0.0375. The Morgan fingerprint density at radius 3 is 2.36 bits per heavy atom. The molecule has 0 radical (unpaired) electrons. The van der Waals surface area contributed by atoms with Gasteiger partial charge in [0, 0.05) is 17.7 Å². The summed E-state index contributed by atoms with van der Waals surface area (Å²) in [6.45, 7) is 5.80. The van der Waals surface area contributed by atoms with Crippen molar-refractivity contribution in [3.8, 4) is 22.8 Å². The lowest BCUT2D eigenvalue weighted by Gasteiger charge is -2.22. The molecule has 1 saturated heterocycles. The molecule has 1 aromatic heterocycles. The van der Waals surface area contributed by atoms with Gasteiger partial charge in [0.25, 0.3) is 0 Å². The van der Waals surface area contributed by atoms with Crippen LogP contribution in [0.15, 0.2) is 83.0 Å². The number of thioether (sulfide) groups is 2. The van der Waals surface area contributed by atoms with Crippen LogP contribution >= 0.6 is 23.5 Å². The second-order valence-corrected chi connectivity index (χ2v) is 14.1. The number of aliphatic imine (C=N–C) groups is 2. The monoisotopic (exact) mass is 778 g/mol. The molecule has 1 fully saturated rings. The van der Waals surface area contributed by atoms with Crippen molar-refractivity contribution in [2.24, 2.45) is 9.98 Å². The Bertz CT molecular complexity index is 2000. The Hall–Kier alpha value is -4.84. The van der Waals surface area contributed by atoms with E-state index in [0.717, 1.165) is 35.0 Å². The molecule has 1 unspecified atom stereocenters. The highest BCUT2D eigenvalue weighted by atomic mass is 32.2. The van der Waals surface area contributed by atoms with E-state index in [1.165, 1.54) is 28.0 Å². The van der Waals surface area contributed by atoms with Gasteiger partial charge in [0.15, 0.2) is 22.2 Å². The molecular weight excluding hydrogens is 747 g/mol. The van der Waals surface area contributed by atoms with Crippen molar-refractivity contribution >= 4 is 51.4 Å². The van der Waals surface area contributed by atoms with Crippen molar-refractivity contribution in [1.82, 2.24) is 14.8 Å². The lowest BCUT2D eigenvalue weighted by molar-refractivity contribution is -0.274. The minimum Gasteiger partial charge on any atom is -0.480 e. The molecule has 1 atom stereocenters. The molecule has 2 heterocycles. The quantitative estimate of drug-likeness (QED) is 0.0915. The standard InChI is InChI=1S/C35H32F6N6O4S2/c1-20(2)26-13-4-21(3)16-28(26)47-29(48)18-53-33(47)44-32(52-15-14-34(36,37)38)43-27(31(49)50)17-22-5-7-23(8-6-22)30-42-19-46(45-30)24-9-11-25(12-10-24)51-35(39,40)41/h4-13,16,19-20,27H,14-15,17-18H2,1-3H3,(H,49,50). The summed E-state index contributed by atoms with van der Waals surface area (Å²) < 4.78 is 82.0. The van der Waals surface area contributed by atoms with Gasteiger partial charge >= 0.3 is 18.5 Å². The van der Waals surface area contributed by atoms with Crippen molar-refractivity contribution in [2.75, 3.05) is 16.4 Å². The number of aryl methyl sites for hydroxylation is 1. The molecular formula is C35H32F6N6O4S2. The number of aliphatic carboxylic acids is 1. The number of nitrogens with zero attached hydrogens (tertiary/aromatic N) is 6. The van der Waals surface area contributed by atoms with Crippen LogP contribution in [-0.4, -0.2) is 72.2 Å². The van der Waals surface area contributed by atoms with Crippen molar-refractivity contribution in [3.05, 3.63) is 89.7 Å². The van der Waals surface area contributed by atoms with Gasteiger partial charge in [-0.2, -0.15) is 18.2 Å². The number of hydrogen-bond acceptors (Lipinski definition) is 8. The molecule has 280 valence electrons. The highest BCUT2D eigenvalue weighted by Gasteiger charge is 2.34. The maximum atomic E-state index is 13.1. The van der Waals surface area contributed by atoms with Gasteiger partial charge in [0.2, 0.25) is 5.91 Å². The normalized spacial score (nSPS) is 15.4. The molecule has 18 heteroatoms. The fraction of sp³-hybridized carbons (Fsp3) is 0.314. The minimum atomic E-state index is -4.82. The van der Waals surface area contributed by atoms with E-state index in [1.807, 2.05) is 39.0 Å². The maximum absolute atomic E-state index is 13.1. The van der Waals surface area contributed by atoms with Crippen molar-refractivity contribution in [3.63, 3.8) is 0 Å². The number of alkyl halides is 6. The van der Waals surface area contributed by atoms with Gasteiger partial charge < -0.3 is 9.84 Å². The van der Waals surface area contributed by atoms with Gasteiger partial charge in [-0.3, -0.25) is 9.69 Å². The zero-order valence-corrected chi connectivity index (χ0v) is 30.0. The molecule has 1 N–H and O–H groups in total. The SMILES string of the molecule is Cc1ccc(C(C)C)c(N2C(=O)CSC2=NC(=NC(Cc2ccc(-c3ncn(-c4ccc(OC(F)(F)F)cc4)n3)cc2)C(=O)O)SCCC(F)(F)F)c1. The van der Waals surface area contributed by atoms with E-state index in [9.17, 15) is 41.0 Å². The van der Waals surface area contributed by atoms with Crippen molar-refractivity contribution in [1.29, 1.82) is 0 Å². The van der Waals surface area contributed by atoms with E-state index in [-0.39, 0.29) is 40.2 Å². The highest BCUT2D eigenvalue weighted by molar-refractivity contribution is 8.16. The van der Waals surface area contributed by atoms with Crippen LogP contribution in [0.1, 0.15) is 42.9 Å². The number of carboxylic acid groups (broad SMARTS) is 1. The molecule has 4 aromatic rings. The van der Waals surface area contributed by atoms with Crippen LogP contribution in [0.2, 0.25) is 0 Å². The van der Waals surface area contributed by atoms with E-state index in [1.54, 1.807) is 24.3 Å². The Morgan fingerprint density at radius 1 is 1.04 bits per heavy atom. The van der Waals surface area contributed by atoms with Crippen LogP contribution in [-0.2, 0) is 16.0 Å². The summed E-state index contributed by atoms with van der Waals surface area (Å²) in [5.41, 5.74) is 3.85. The van der Waals surface area contributed by atoms with Gasteiger partial charge in [0.1, 0.15) is 12.1 Å². The van der Waals surface area contributed by atoms with Crippen LogP contribution in [0.5, 0.6) is 5.75 Å². The van der Waals surface area contributed by atoms with Crippen molar-refractivity contribution < 1.29 is 45.8 Å². The topological polar surface area (TPSA) is 122 Å². The molecule has 3 aromatic carbocycles. The number of carbonyl (C=O) groups is 2. The van der Waals surface area contributed by atoms with Crippen LogP contribution in [0.4, 0.5) is 32.0 Å². The molecule has 1 amide bonds. The summed E-state index contributed by atoms with van der Waals surface area (Å²) in [7, 11) is 0. The summed E-state index contributed by atoms with van der Waals surface area (Å²) in [5.74, 6) is -2.11. The average molecular weight is 779 g/mol. The first-order valence-corrected chi connectivity index (χ1v) is 17.9. The fourth-order valence-electron chi connectivity index (χ4n) is 5.11. The van der Waals surface area contributed by atoms with Crippen LogP contribution in [0.25, 0.3) is 17.1 Å². The number of rotatable bonds is 11. The first-order valence-electron chi connectivity index (χ1n) is 16.0. The number of halogens is 6. The predicted molar refractivity (Wildman–Crippen MR) is 192 cm³/mol. The number of amidine groups is 2. The molecule has 0 aliphatic carbocycles. The zero-order valence-electron chi connectivity index (χ0n) is 28.4. The first-order chi connectivity index (χ1) is 25.0. The van der Waals surface area contributed by atoms with Gasteiger partial charge in [-0.25, -0.2) is 19.5 Å². The summed E-state index contributed by atoms with van der Waals surface area (Å²) in [4.78, 5) is 40.0. The average Bonchev–Trinajstić information content (AvgIpc) is 3.70. The molecule has 1 aliphatic heterocycles. The van der Waals surface area contributed by atoms with Gasteiger partial charge in [-0.05, 0) is 59.9 Å². The summed E-state index contributed by atoms with van der Waals surface area (Å²) >= 11 is 1.75. The number of amides is 1. The third kappa shape index (κ3) is 10.8. The van der Waals surface area contributed by atoms with Crippen molar-refractivity contribution in [2.45, 2.75) is 58.1 Å². The second kappa shape index (κ2) is 16.4. The number of carbonyl (C=O) groups excluding carboxylic acids is 1. The van der Waals surface area contributed by atoms with Gasteiger partial charge in [-0.15, -0.1) is 18.3 Å². The number of carboxylic acids is 1. The lowest BCUT2D eigenvalue weighted by atomic mass is 9.99. The number of anilines is 1. The van der Waals surface area contributed by atoms with Crippen LogP contribution in [0.3, 0.4) is 0 Å². The Kier molecular flexibility index (Phi) is 12.2. The van der Waals surface area contributed by atoms with E-state index in [2.05, 4.69) is 24.8 Å². The van der Waals surface area contributed by atoms with Gasteiger partial charge in [-0.1, -0.05) is 73.8 Å². The fourth-order valence-corrected chi connectivity index (χ4v) is 6.90.